The van der Waals surface area contributed by atoms with Crippen molar-refractivity contribution in [3.63, 3.8) is 0 Å². The monoisotopic (exact) mass is 250 g/mol. The Balaban J connectivity index is 1.79. The van der Waals surface area contributed by atoms with Crippen molar-refractivity contribution in [1.82, 2.24) is 10.3 Å². The fourth-order valence-corrected chi connectivity index (χ4v) is 2.69. The Morgan fingerprint density at radius 2 is 2.22 bits per heavy atom. The van der Waals surface area contributed by atoms with Crippen LogP contribution in [-0.2, 0) is 13.0 Å². The van der Waals surface area contributed by atoms with E-state index in [1.165, 1.54) is 32.1 Å². The highest BCUT2D eigenvalue weighted by molar-refractivity contribution is 4.93. The first-order valence-electron chi connectivity index (χ1n) is 7.26. The fraction of sp³-hybridized carbons (Fsp3) is 0.800. The maximum atomic E-state index is 5.62. The van der Waals surface area contributed by atoms with E-state index >= 15 is 0 Å². The Labute approximate surface area is 110 Å². The molecule has 1 aliphatic rings. The lowest BCUT2D eigenvalue weighted by atomic mass is 9.85. The Morgan fingerprint density at radius 3 is 2.94 bits per heavy atom. The second-order valence-corrected chi connectivity index (χ2v) is 6.25. The predicted octanol–water partition coefficient (Wildman–Crippen LogP) is 3.69. The van der Waals surface area contributed by atoms with Crippen molar-refractivity contribution >= 4 is 0 Å². The molecule has 0 bridgehead atoms. The normalized spacial score (nSPS) is 23.8. The molecule has 0 amide bonds. The lowest BCUT2D eigenvalue weighted by Crippen LogP contribution is -2.28. The predicted molar refractivity (Wildman–Crippen MR) is 73.4 cm³/mol. The van der Waals surface area contributed by atoms with Gasteiger partial charge < -0.3 is 9.73 Å². The summed E-state index contributed by atoms with van der Waals surface area (Å²) in [6.45, 7) is 7.63. The first kappa shape index (κ1) is 13.6. The standard InChI is InChI=1S/C15H26N2O/c1-4-13-10-17-14(18-13)11-16-12-6-5-8-15(2,3)9-7-12/h10,12,16H,4-9,11H2,1-3H3. The van der Waals surface area contributed by atoms with E-state index in [4.69, 9.17) is 4.42 Å². The molecule has 1 atom stereocenters. The van der Waals surface area contributed by atoms with E-state index < -0.39 is 0 Å². The zero-order valence-corrected chi connectivity index (χ0v) is 12.0. The zero-order chi connectivity index (χ0) is 13.0. The van der Waals surface area contributed by atoms with Gasteiger partial charge in [0.15, 0.2) is 0 Å². The second-order valence-electron chi connectivity index (χ2n) is 6.25. The van der Waals surface area contributed by atoms with Gasteiger partial charge in [-0.2, -0.15) is 0 Å². The number of aromatic nitrogens is 1. The maximum Gasteiger partial charge on any atom is 0.208 e. The highest BCUT2D eigenvalue weighted by atomic mass is 16.4. The summed E-state index contributed by atoms with van der Waals surface area (Å²) in [5, 5.41) is 3.60. The number of hydrogen-bond donors (Lipinski definition) is 1. The molecule has 1 aromatic heterocycles. The Morgan fingerprint density at radius 1 is 1.39 bits per heavy atom. The molecule has 1 aliphatic carbocycles. The smallest absolute Gasteiger partial charge is 0.208 e. The number of nitrogens with one attached hydrogen (secondary N) is 1. The number of nitrogens with zero attached hydrogens (tertiary/aromatic N) is 1. The van der Waals surface area contributed by atoms with Crippen LogP contribution >= 0.6 is 0 Å². The van der Waals surface area contributed by atoms with Crippen LogP contribution < -0.4 is 5.32 Å². The van der Waals surface area contributed by atoms with E-state index in [0.717, 1.165) is 24.6 Å². The summed E-state index contributed by atoms with van der Waals surface area (Å²) in [4.78, 5) is 4.29. The van der Waals surface area contributed by atoms with Gasteiger partial charge in [-0.3, -0.25) is 0 Å². The van der Waals surface area contributed by atoms with Gasteiger partial charge in [-0.05, 0) is 31.1 Å². The second kappa shape index (κ2) is 5.87. The first-order chi connectivity index (χ1) is 8.59. The molecule has 1 heterocycles. The molecule has 3 nitrogen and oxygen atoms in total. The van der Waals surface area contributed by atoms with Crippen molar-refractivity contribution in [2.45, 2.75) is 71.9 Å². The van der Waals surface area contributed by atoms with Crippen LogP contribution in [0.5, 0.6) is 0 Å². The zero-order valence-electron chi connectivity index (χ0n) is 12.0. The molecular formula is C15H26N2O. The van der Waals surface area contributed by atoms with E-state index in [9.17, 15) is 0 Å². The average molecular weight is 250 g/mol. The third-order valence-corrected chi connectivity index (χ3v) is 4.07. The van der Waals surface area contributed by atoms with E-state index in [1.54, 1.807) is 0 Å². The van der Waals surface area contributed by atoms with Gasteiger partial charge in [0.25, 0.3) is 0 Å². The molecule has 1 aromatic rings. The number of aryl methyl sites for hydroxylation is 1. The van der Waals surface area contributed by atoms with E-state index in [0.29, 0.717) is 11.5 Å². The van der Waals surface area contributed by atoms with E-state index in [2.05, 4.69) is 31.1 Å². The molecule has 1 fully saturated rings. The van der Waals surface area contributed by atoms with Crippen LogP contribution in [0.15, 0.2) is 10.6 Å². The van der Waals surface area contributed by atoms with Gasteiger partial charge >= 0.3 is 0 Å². The van der Waals surface area contributed by atoms with E-state index in [-0.39, 0.29) is 0 Å². The van der Waals surface area contributed by atoms with Crippen LogP contribution in [-0.4, -0.2) is 11.0 Å². The van der Waals surface area contributed by atoms with Crippen LogP contribution in [0.3, 0.4) is 0 Å². The maximum absolute atomic E-state index is 5.62. The van der Waals surface area contributed by atoms with Gasteiger partial charge in [0.1, 0.15) is 5.76 Å². The summed E-state index contributed by atoms with van der Waals surface area (Å²) in [5.41, 5.74) is 0.523. The summed E-state index contributed by atoms with van der Waals surface area (Å²) < 4.78 is 5.62. The lowest BCUT2D eigenvalue weighted by molar-refractivity contribution is 0.308. The van der Waals surface area contributed by atoms with Crippen molar-refractivity contribution < 1.29 is 4.42 Å². The number of oxazole rings is 1. The van der Waals surface area contributed by atoms with Gasteiger partial charge in [0.05, 0.1) is 12.7 Å². The van der Waals surface area contributed by atoms with Gasteiger partial charge in [-0.15, -0.1) is 0 Å². The molecule has 2 rings (SSSR count). The van der Waals surface area contributed by atoms with Crippen molar-refractivity contribution in [3.05, 3.63) is 17.8 Å². The van der Waals surface area contributed by atoms with Crippen LogP contribution in [0.4, 0.5) is 0 Å². The molecule has 18 heavy (non-hydrogen) atoms. The van der Waals surface area contributed by atoms with Crippen LogP contribution in [0.2, 0.25) is 0 Å². The Hall–Kier alpha value is -0.830. The fourth-order valence-electron chi connectivity index (χ4n) is 2.69. The van der Waals surface area contributed by atoms with Crippen LogP contribution in [0, 0.1) is 5.41 Å². The lowest BCUT2D eigenvalue weighted by Gasteiger charge is -2.22. The highest BCUT2D eigenvalue weighted by Crippen LogP contribution is 2.33. The Bertz CT molecular complexity index is 370. The third-order valence-electron chi connectivity index (χ3n) is 4.07. The SMILES string of the molecule is CCc1cnc(CNC2CCCC(C)(C)CC2)o1. The highest BCUT2D eigenvalue weighted by Gasteiger charge is 2.24. The summed E-state index contributed by atoms with van der Waals surface area (Å²) >= 11 is 0. The molecule has 1 saturated carbocycles. The summed E-state index contributed by atoms with van der Waals surface area (Å²) in [5.74, 6) is 1.81. The van der Waals surface area contributed by atoms with Crippen molar-refractivity contribution in [3.8, 4) is 0 Å². The van der Waals surface area contributed by atoms with Crippen molar-refractivity contribution in [1.29, 1.82) is 0 Å². The molecular weight excluding hydrogens is 224 g/mol. The molecule has 3 heteroatoms. The largest absolute Gasteiger partial charge is 0.444 e. The molecule has 1 N–H and O–H groups in total. The minimum absolute atomic E-state index is 0.523. The van der Waals surface area contributed by atoms with Crippen molar-refractivity contribution in [2.75, 3.05) is 0 Å². The minimum atomic E-state index is 0.523. The molecule has 0 saturated heterocycles. The molecule has 0 spiro atoms. The van der Waals surface area contributed by atoms with Gasteiger partial charge in [-0.25, -0.2) is 4.98 Å². The van der Waals surface area contributed by atoms with Crippen LogP contribution in [0.25, 0.3) is 0 Å². The minimum Gasteiger partial charge on any atom is -0.444 e. The molecule has 0 radical (unpaired) electrons. The first-order valence-corrected chi connectivity index (χ1v) is 7.26. The third kappa shape index (κ3) is 3.84. The quantitative estimate of drug-likeness (QED) is 0.828. The number of rotatable bonds is 4. The molecule has 0 aromatic carbocycles. The summed E-state index contributed by atoms with van der Waals surface area (Å²) in [6.07, 6.45) is 9.31. The molecule has 0 aliphatic heterocycles. The van der Waals surface area contributed by atoms with E-state index in [1.807, 2.05) is 6.20 Å². The average Bonchev–Trinajstić information content (AvgIpc) is 2.72. The number of hydrogen-bond acceptors (Lipinski definition) is 3. The van der Waals surface area contributed by atoms with Gasteiger partial charge in [0.2, 0.25) is 5.89 Å². The van der Waals surface area contributed by atoms with Gasteiger partial charge in [0, 0.05) is 12.5 Å². The molecule has 102 valence electrons. The van der Waals surface area contributed by atoms with Crippen LogP contribution in [0.1, 0.15) is 64.5 Å². The van der Waals surface area contributed by atoms with Gasteiger partial charge in [-0.1, -0.05) is 27.2 Å². The Kier molecular flexibility index (Phi) is 4.44. The van der Waals surface area contributed by atoms with Crippen molar-refractivity contribution in [2.24, 2.45) is 5.41 Å². The summed E-state index contributed by atoms with van der Waals surface area (Å²) in [6, 6.07) is 0.628. The summed E-state index contributed by atoms with van der Waals surface area (Å²) in [7, 11) is 0. The molecule has 1 unspecified atom stereocenters. The topological polar surface area (TPSA) is 38.1 Å².